The molecule has 2 aromatic heterocycles. The molecule has 3 heterocycles. The number of benzene rings is 2. The maximum Gasteiger partial charge on any atom is 0.198 e. The summed E-state index contributed by atoms with van der Waals surface area (Å²) in [5.41, 5.74) is 1.04. The minimum Gasteiger partial charge on any atom is -0.450 e. The molecule has 4 aromatic rings. The van der Waals surface area contributed by atoms with E-state index in [1.807, 2.05) is 13.0 Å². The molecular weight excluding hydrogens is 599 g/mol. The summed E-state index contributed by atoms with van der Waals surface area (Å²) >= 11 is 0. The van der Waals surface area contributed by atoms with Crippen LogP contribution in [-0.4, -0.2) is 43.2 Å². The molecule has 2 aromatic carbocycles. The number of nitrogens with zero attached hydrogens (tertiary/aromatic N) is 3. The van der Waals surface area contributed by atoms with Crippen molar-refractivity contribution in [2.75, 3.05) is 19.8 Å². The topological polar surface area (TPSA) is 86.4 Å². The lowest BCUT2D eigenvalue weighted by Gasteiger charge is -2.37. The van der Waals surface area contributed by atoms with Gasteiger partial charge in [-0.25, -0.2) is 18.2 Å². The van der Waals surface area contributed by atoms with Crippen LogP contribution in [0.4, 0.5) is 13.2 Å². The Morgan fingerprint density at radius 3 is 2.49 bits per heavy atom. The van der Waals surface area contributed by atoms with Gasteiger partial charge in [-0.2, -0.15) is 5.26 Å². The monoisotopic (exact) mass is 635 g/mol. The van der Waals surface area contributed by atoms with Crippen LogP contribution in [-0.2, 0) is 27.4 Å². The average Bonchev–Trinajstić information content (AvgIpc) is 3.33. The van der Waals surface area contributed by atoms with Crippen LogP contribution in [0, 0.1) is 34.2 Å². The number of nitriles is 1. The molecule has 7 nitrogen and oxygen atoms in total. The number of aromatic nitrogens is 2. The Bertz CT molecular complexity index is 1750. The third-order valence-corrected chi connectivity index (χ3v) is 9.65. The van der Waals surface area contributed by atoms with E-state index in [2.05, 4.69) is 24.6 Å². The van der Waals surface area contributed by atoms with Gasteiger partial charge in [0.2, 0.25) is 0 Å². The van der Waals surface area contributed by atoms with Gasteiger partial charge in [0.25, 0.3) is 0 Å². The Labute approximate surface area is 261 Å². The third-order valence-electron chi connectivity index (χ3n) is 7.94. The molecule has 1 aliphatic heterocycles. The van der Waals surface area contributed by atoms with Crippen molar-refractivity contribution in [1.29, 1.82) is 5.26 Å². The number of Topliss-reactive ketones (excluding diaryl/α,β-unsaturated/α-hetero) is 1. The highest BCUT2D eigenvalue weighted by atomic mass is 28.3. The van der Waals surface area contributed by atoms with Crippen molar-refractivity contribution in [2.24, 2.45) is 5.41 Å². The van der Waals surface area contributed by atoms with E-state index in [0.29, 0.717) is 49.3 Å². The number of pyridine rings is 1. The first kappa shape index (κ1) is 32.4. The molecule has 236 valence electrons. The summed E-state index contributed by atoms with van der Waals surface area (Å²) in [6, 6.07) is 10.8. The van der Waals surface area contributed by atoms with E-state index in [9.17, 15) is 14.4 Å². The summed E-state index contributed by atoms with van der Waals surface area (Å²) in [5, 5.41) is 10.1. The number of fused-ring (bicyclic) bond motifs is 1. The van der Waals surface area contributed by atoms with Gasteiger partial charge in [-0.15, -0.1) is 0 Å². The van der Waals surface area contributed by atoms with E-state index in [4.69, 9.17) is 14.2 Å². The van der Waals surface area contributed by atoms with Crippen molar-refractivity contribution in [3.05, 3.63) is 77.4 Å². The first-order chi connectivity index (χ1) is 21.4. The lowest BCUT2D eigenvalue weighted by Crippen LogP contribution is -2.40. The molecule has 11 heteroatoms. The number of ketones is 1. The van der Waals surface area contributed by atoms with Crippen molar-refractivity contribution < 1.29 is 32.2 Å². The summed E-state index contributed by atoms with van der Waals surface area (Å²) in [6.07, 6.45) is 3.95. The quantitative estimate of drug-likeness (QED) is 0.109. The van der Waals surface area contributed by atoms with Crippen LogP contribution in [0.5, 0.6) is 11.5 Å². The van der Waals surface area contributed by atoms with Crippen molar-refractivity contribution in [3.63, 3.8) is 0 Å². The van der Waals surface area contributed by atoms with Crippen LogP contribution in [0.2, 0.25) is 25.7 Å². The van der Waals surface area contributed by atoms with Crippen molar-refractivity contribution in [1.82, 2.24) is 9.55 Å². The van der Waals surface area contributed by atoms with E-state index in [0.717, 1.165) is 18.2 Å². The molecule has 5 rings (SSSR count). The lowest BCUT2D eigenvalue weighted by molar-refractivity contribution is -0.125. The van der Waals surface area contributed by atoms with Crippen LogP contribution >= 0.6 is 0 Å². The van der Waals surface area contributed by atoms with E-state index in [1.54, 1.807) is 16.8 Å². The predicted molar refractivity (Wildman–Crippen MR) is 167 cm³/mol. The largest absolute Gasteiger partial charge is 0.450 e. The van der Waals surface area contributed by atoms with Crippen molar-refractivity contribution in [2.45, 2.75) is 58.6 Å². The summed E-state index contributed by atoms with van der Waals surface area (Å²) in [7, 11) is -1.34. The molecule has 0 amide bonds. The van der Waals surface area contributed by atoms with Gasteiger partial charge in [0.15, 0.2) is 17.4 Å². The highest BCUT2D eigenvalue weighted by Gasteiger charge is 2.33. The lowest BCUT2D eigenvalue weighted by atomic mass is 9.82. The number of hydrogen-bond donors (Lipinski definition) is 0. The molecule has 1 fully saturated rings. The second-order valence-electron chi connectivity index (χ2n) is 13.2. The van der Waals surface area contributed by atoms with Gasteiger partial charge in [-0.1, -0.05) is 38.7 Å². The zero-order valence-corrected chi connectivity index (χ0v) is 26.9. The zero-order chi connectivity index (χ0) is 32.4. The number of ether oxygens (including phenoxy) is 3. The first-order valence-corrected chi connectivity index (χ1v) is 18.6. The molecule has 1 aliphatic rings. The Balaban J connectivity index is 1.47. The van der Waals surface area contributed by atoms with Crippen LogP contribution in [0.25, 0.3) is 22.2 Å². The summed E-state index contributed by atoms with van der Waals surface area (Å²) in [6.45, 7) is 10.6. The molecule has 0 saturated carbocycles. The van der Waals surface area contributed by atoms with Crippen LogP contribution in [0.15, 0.2) is 48.8 Å². The van der Waals surface area contributed by atoms with E-state index in [1.165, 1.54) is 24.4 Å². The molecular formula is C34H36F3N3O4Si. The molecule has 0 spiro atoms. The number of carbonyl (C=O) groups is 1. The minimum absolute atomic E-state index is 0.0306. The molecule has 1 saturated heterocycles. The minimum atomic E-state index is -1.34. The number of rotatable bonds is 13. The van der Waals surface area contributed by atoms with Crippen LogP contribution < -0.4 is 4.74 Å². The van der Waals surface area contributed by atoms with Gasteiger partial charge >= 0.3 is 0 Å². The predicted octanol–water partition coefficient (Wildman–Crippen LogP) is 8.03. The maximum absolute atomic E-state index is 15.4. The Kier molecular flexibility index (Phi) is 9.48. The Morgan fingerprint density at radius 1 is 1.11 bits per heavy atom. The first-order valence-electron chi connectivity index (χ1n) is 14.9. The SMILES string of the molecule is CC1(CCC(=O)Cc2cc(F)c(Oc3ccnc4c3c(-c3cccc(F)c3C#N)cn4COCC[Si](C)(C)C)c(F)c2)COC1. The average molecular weight is 636 g/mol. The second-order valence-corrected chi connectivity index (χ2v) is 18.8. The standard InChI is InChI=1S/C34H36F3N3O4Si/c1-34(19-43-20-34)10-8-23(41)14-22-15-28(36)32(29(37)16-22)44-30-9-11-39-33-31(30)26(24-6-5-7-27(35)25(24)17-38)18-40(33)21-42-12-13-45(2,3)4/h5-7,9,11,15-16,18H,8,10,12-14,19-21H2,1-4H3. The molecule has 0 N–H and O–H groups in total. The van der Waals surface area contributed by atoms with Gasteiger partial charge < -0.3 is 18.8 Å². The number of hydrogen-bond acceptors (Lipinski definition) is 6. The van der Waals surface area contributed by atoms with Gasteiger partial charge in [-0.3, -0.25) is 4.79 Å². The highest BCUT2D eigenvalue weighted by molar-refractivity contribution is 6.76. The molecule has 0 atom stereocenters. The van der Waals surface area contributed by atoms with Crippen LogP contribution in [0.3, 0.4) is 0 Å². The normalized spacial score (nSPS) is 14.3. The third kappa shape index (κ3) is 7.47. The molecule has 0 unspecified atom stereocenters. The van der Waals surface area contributed by atoms with Crippen LogP contribution in [0.1, 0.15) is 30.9 Å². The smallest absolute Gasteiger partial charge is 0.198 e. The van der Waals surface area contributed by atoms with Crippen molar-refractivity contribution >= 4 is 24.9 Å². The van der Waals surface area contributed by atoms with Crippen molar-refractivity contribution in [3.8, 4) is 28.7 Å². The van der Waals surface area contributed by atoms with E-state index < -0.39 is 31.3 Å². The summed E-state index contributed by atoms with van der Waals surface area (Å²) < 4.78 is 64.2. The molecule has 0 bridgehead atoms. The fraction of sp³-hybridized carbons (Fsp3) is 0.382. The number of carbonyl (C=O) groups excluding carboxylic acids is 1. The van der Waals surface area contributed by atoms with E-state index >= 15 is 8.78 Å². The van der Waals surface area contributed by atoms with Gasteiger partial charge in [0.1, 0.15) is 35.8 Å². The van der Waals surface area contributed by atoms with E-state index in [-0.39, 0.29) is 46.8 Å². The van der Waals surface area contributed by atoms with Gasteiger partial charge in [0, 0.05) is 56.5 Å². The number of halogens is 3. The summed E-state index contributed by atoms with van der Waals surface area (Å²) in [5.74, 6) is -3.36. The fourth-order valence-corrected chi connectivity index (χ4v) is 6.01. The Hall–Kier alpha value is -3.98. The second kappa shape index (κ2) is 13.2. The highest BCUT2D eigenvalue weighted by Crippen LogP contribution is 2.41. The Morgan fingerprint density at radius 2 is 1.84 bits per heavy atom. The van der Waals surface area contributed by atoms with Gasteiger partial charge in [0.05, 0.1) is 24.2 Å². The zero-order valence-electron chi connectivity index (χ0n) is 25.9. The van der Waals surface area contributed by atoms with Gasteiger partial charge in [-0.05, 0) is 42.3 Å². The summed E-state index contributed by atoms with van der Waals surface area (Å²) in [4.78, 5) is 17.0. The molecule has 0 radical (unpaired) electrons. The fourth-order valence-electron chi connectivity index (χ4n) is 5.25. The maximum atomic E-state index is 15.4. The molecule has 0 aliphatic carbocycles. The molecule has 45 heavy (non-hydrogen) atoms.